The summed E-state index contributed by atoms with van der Waals surface area (Å²) < 4.78 is 0. The summed E-state index contributed by atoms with van der Waals surface area (Å²) in [6.07, 6.45) is 3.04. The monoisotopic (exact) mass is 185 g/mol. The summed E-state index contributed by atoms with van der Waals surface area (Å²) in [6, 6.07) is 2.14. The zero-order chi connectivity index (χ0) is 8.10. The first-order valence-electron chi connectivity index (χ1n) is 3.58. The quantitative estimate of drug-likeness (QED) is 0.729. The zero-order valence-corrected chi connectivity index (χ0v) is 7.88. The highest BCUT2D eigenvalue weighted by Crippen LogP contribution is 2.09. The third-order valence-electron chi connectivity index (χ3n) is 1.47. The normalized spacial score (nSPS) is 9.82. The molecule has 3 heteroatoms. The van der Waals surface area contributed by atoms with E-state index < -0.39 is 0 Å². The Labute approximate surface area is 76.2 Å². The van der Waals surface area contributed by atoms with Crippen molar-refractivity contribution in [2.45, 2.75) is 19.3 Å². The average Bonchev–Trinajstić information content (AvgIpc) is 2.39. The van der Waals surface area contributed by atoms with Gasteiger partial charge in [0.25, 0.3) is 0 Å². The Balaban J connectivity index is 2.19. The van der Waals surface area contributed by atoms with Gasteiger partial charge in [-0.3, -0.25) is 0 Å². The summed E-state index contributed by atoms with van der Waals surface area (Å²) in [5.74, 6) is 0. The molecule has 0 unspecified atom stereocenters. The van der Waals surface area contributed by atoms with Crippen LogP contribution in [0.2, 0.25) is 0 Å². The smallest absolute Gasteiger partial charge is 0.0727 e. The van der Waals surface area contributed by atoms with E-state index in [9.17, 15) is 0 Å². The summed E-state index contributed by atoms with van der Waals surface area (Å²) in [6.45, 7) is 0. The molecule has 60 valence electrons. The van der Waals surface area contributed by atoms with Crippen molar-refractivity contribution in [2.24, 2.45) is 5.73 Å². The number of hydrogen-bond acceptors (Lipinski definition) is 2. The van der Waals surface area contributed by atoms with Gasteiger partial charge in [-0.2, -0.15) is 11.3 Å². The van der Waals surface area contributed by atoms with Gasteiger partial charge in [-0.15, -0.1) is 0 Å². The SMILES string of the molecule is NC(=S)CCCc1ccsc1. The molecule has 1 heterocycles. The maximum atomic E-state index is 5.37. The third kappa shape index (κ3) is 3.49. The highest BCUT2D eigenvalue weighted by atomic mass is 32.1. The van der Waals surface area contributed by atoms with E-state index in [1.165, 1.54) is 5.56 Å². The number of nitrogens with two attached hydrogens (primary N) is 1. The first-order chi connectivity index (χ1) is 5.29. The summed E-state index contributed by atoms with van der Waals surface area (Å²) >= 11 is 6.51. The van der Waals surface area contributed by atoms with Gasteiger partial charge in [0.1, 0.15) is 0 Å². The minimum Gasteiger partial charge on any atom is -0.393 e. The van der Waals surface area contributed by atoms with Gasteiger partial charge in [-0.25, -0.2) is 0 Å². The van der Waals surface area contributed by atoms with Crippen molar-refractivity contribution in [1.82, 2.24) is 0 Å². The topological polar surface area (TPSA) is 26.0 Å². The lowest BCUT2D eigenvalue weighted by Crippen LogP contribution is -2.07. The molecular formula is C8H11NS2. The predicted molar refractivity (Wildman–Crippen MR) is 54.0 cm³/mol. The second-order valence-electron chi connectivity index (χ2n) is 2.45. The molecule has 1 nitrogen and oxygen atoms in total. The molecule has 0 spiro atoms. The molecule has 0 amide bonds. The number of aryl methyl sites for hydroxylation is 1. The van der Waals surface area contributed by atoms with Crippen LogP contribution in [0.3, 0.4) is 0 Å². The van der Waals surface area contributed by atoms with Gasteiger partial charge in [0.2, 0.25) is 0 Å². The van der Waals surface area contributed by atoms with Gasteiger partial charge >= 0.3 is 0 Å². The van der Waals surface area contributed by atoms with Crippen LogP contribution in [-0.4, -0.2) is 4.99 Å². The Morgan fingerprint density at radius 3 is 3.00 bits per heavy atom. The highest BCUT2D eigenvalue weighted by molar-refractivity contribution is 7.80. The van der Waals surface area contributed by atoms with Crippen LogP contribution in [0.4, 0.5) is 0 Å². The van der Waals surface area contributed by atoms with Crippen LogP contribution in [0.25, 0.3) is 0 Å². The molecule has 0 bridgehead atoms. The van der Waals surface area contributed by atoms with E-state index in [2.05, 4.69) is 16.8 Å². The Morgan fingerprint density at radius 2 is 2.45 bits per heavy atom. The second-order valence-corrected chi connectivity index (χ2v) is 3.76. The fraction of sp³-hybridized carbons (Fsp3) is 0.375. The summed E-state index contributed by atoms with van der Waals surface area (Å²) in [7, 11) is 0. The molecule has 1 aromatic rings. The minimum atomic E-state index is 0.625. The molecule has 0 radical (unpaired) electrons. The number of thiocarbonyl (C=S) groups is 1. The largest absolute Gasteiger partial charge is 0.393 e. The molecule has 11 heavy (non-hydrogen) atoms. The van der Waals surface area contributed by atoms with Crippen LogP contribution in [0.15, 0.2) is 16.8 Å². The number of rotatable bonds is 4. The lowest BCUT2D eigenvalue weighted by atomic mass is 10.1. The van der Waals surface area contributed by atoms with Crippen molar-refractivity contribution in [1.29, 1.82) is 0 Å². The second kappa shape index (κ2) is 4.46. The zero-order valence-electron chi connectivity index (χ0n) is 6.25. The maximum Gasteiger partial charge on any atom is 0.0727 e. The van der Waals surface area contributed by atoms with Crippen LogP contribution in [-0.2, 0) is 6.42 Å². The Kier molecular flexibility index (Phi) is 3.52. The van der Waals surface area contributed by atoms with Gasteiger partial charge in [-0.05, 0) is 41.7 Å². The third-order valence-corrected chi connectivity index (χ3v) is 2.40. The molecule has 0 saturated carbocycles. The van der Waals surface area contributed by atoms with Crippen molar-refractivity contribution >= 4 is 28.5 Å². The van der Waals surface area contributed by atoms with Crippen LogP contribution in [0.5, 0.6) is 0 Å². The molecule has 0 aliphatic rings. The molecule has 0 aromatic carbocycles. The number of hydrogen-bond donors (Lipinski definition) is 1. The van der Waals surface area contributed by atoms with E-state index in [-0.39, 0.29) is 0 Å². The van der Waals surface area contributed by atoms with Gasteiger partial charge < -0.3 is 5.73 Å². The van der Waals surface area contributed by atoms with Gasteiger partial charge in [0.05, 0.1) is 4.99 Å². The van der Waals surface area contributed by atoms with Crippen molar-refractivity contribution in [3.63, 3.8) is 0 Å². The van der Waals surface area contributed by atoms with E-state index in [1.807, 2.05) is 0 Å². The molecule has 0 aliphatic carbocycles. The molecule has 1 aromatic heterocycles. The van der Waals surface area contributed by atoms with E-state index in [1.54, 1.807) is 11.3 Å². The predicted octanol–water partition coefficient (Wildman–Crippen LogP) is 2.36. The fourth-order valence-electron chi connectivity index (χ4n) is 0.902. The summed E-state index contributed by atoms with van der Waals surface area (Å²) in [5, 5.41) is 4.26. The minimum absolute atomic E-state index is 0.625. The lowest BCUT2D eigenvalue weighted by Gasteiger charge is -1.95. The average molecular weight is 185 g/mol. The van der Waals surface area contributed by atoms with Crippen molar-refractivity contribution in [3.8, 4) is 0 Å². The Bertz CT molecular complexity index is 216. The van der Waals surface area contributed by atoms with E-state index in [4.69, 9.17) is 18.0 Å². The first kappa shape index (κ1) is 8.68. The molecular weight excluding hydrogens is 174 g/mol. The Hall–Kier alpha value is -0.410. The number of thiophene rings is 1. The summed E-state index contributed by atoms with van der Waals surface area (Å²) in [4.78, 5) is 0.625. The molecule has 0 aliphatic heterocycles. The van der Waals surface area contributed by atoms with Crippen LogP contribution >= 0.6 is 23.6 Å². The molecule has 0 fully saturated rings. The van der Waals surface area contributed by atoms with E-state index >= 15 is 0 Å². The van der Waals surface area contributed by atoms with Gasteiger partial charge in [0.15, 0.2) is 0 Å². The van der Waals surface area contributed by atoms with Crippen molar-refractivity contribution in [2.75, 3.05) is 0 Å². The highest BCUT2D eigenvalue weighted by Gasteiger charge is 1.93. The summed E-state index contributed by atoms with van der Waals surface area (Å²) in [5.41, 5.74) is 6.76. The molecule has 0 atom stereocenters. The van der Waals surface area contributed by atoms with Crippen LogP contribution < -0.4 is 5.73 Å². The van der Waals surface area contributed by atoms with Crippen molar-refractivity contribution < 1.29 is 0 Å². The van der Waals surface area contributed by atoms with Crippen LogP contribution in [0, 0.1) is 0 Å². The molecule has 1 rings (SSSR count). The van der Waals surface area contributed by atoms with E-state index in [0.717, 1.165) is 19.3 Å². The van der Waals surface area contributed by atoms with Gasteiger partial charge in [0, 0.05) is 0 Å². The maximum absolute atomic E-state index is 5.37. The van der Waals surface area contributed by atoms with E-state index in [0.29, 0.717) is 4.99 Å². The van der Waals surface area contributed by atoms with Crippen molar-refractivity contribution in [3.05, 3.63) is 22.4 Å². The lowest BCUT2D eigenvalue weighted by molar-refractivity contribution is 0.871. The fourth-order valence-corrected chi connectivity index (χ4v) is 1.75. The molecule has 2 N–H and O–H groups in total. The van der Waals surface area contributed by atoms with Crippen LogP contribution in [0.1, 0.15) is 18.4 Å². The van der Waals surface area contributed by atoms with Gasteiger partial charge in [-0.1, -0.05) is 12.2 Å². The molecule has 0 saturated heterocycles. The Morgan fingerprint density at radius 1 is 1.64 bits per heavy atom. The standard InChI is InChI=1S/C8H11NS2/c9-8(10)3-1-2-7-4-5-11-6-7/h4-6H,1-3H2,(H2,9,10). The first-order valence-corrected chi connectivity index (χ1v) is 4.93.